The Kier molecular flexibility index (Phi) is 7.75. The van der Waals surface area contributed by atoms with Gasteiger partial charge in [-0.2, -0.15) is 0 Å². The lowest BCUT2D eigenvalue weighted by Crippen LogP contribution is -2.40. The molecule has 0 aliphatic rings. The zero-order valence-electron chi connectivity index (χ0n) is 16.5. The number of ether oxygens (including phenoxy) is 1. The molecule has 0 aliphatic carbocycles. The van der Waals surface area contributed by atoms with Crippen LogP contribution in [0.2, 0.25) is 0 Å². The molecule has 2 aromatic rings. The van der Waals surface area contributed by atoms with Crippen molar-refractivity contribution in [3.8, 4) is 0 Å². The zero-order valence-corrected chi connectivity index (χ0v) is 16.5. The van der Waals surface area contributed by atoms with Crippen molar-refractivity contribution in [2.24, 2.45) is 0 Å². The summed E-state index contributed by atoms with van der Waals surface area (Å²) in [5.41, 5.74) is 2.11. The molecule has 0 unspecified atom stereocenters. The van der Waals surface area contributed by atoms with Crippen molar-refractivity contribution in [1.82, 2.24) is 0 Å². The van der Waals surface area contributed by atoms with Crippen molar-refractivity contribution in [3.05, 3.63) is 59.7 Å². The Hall–Kier alpha value is -3.15. The van der Waals surface area contributed by atoms with Gasteiger partial charge in [-0.3, -0.25) is 9.59 Å². The molecule has 0 atom stereocenters. The van der Waals surface area contributed by atoms with Gasteiger partial charge in [0, 0.05) is 12.2 Å². The molecule has 1 N–H and O–H groups in total. The van der Waals surface area contributed by atoms with Crippen LogP contribution in [0, 0.1) is 6.92 Å². The Bertz CT molecular complexity index is 848. The van der Waals surface area contributed by atoms with Crippen LogP contribution < -0.4 is 10.2 Å². The van der Waals surface area contributed by atoms with Crippen LogP contribution in [0.15, 0.2) is 48.5 Å². The third-order valence-corrected chi connectivity index (χ3v) is 4.20. The van der Waals surface area contributed by atoms with Gasteiger partial charge >= 0.3 is 17.8 Å². The van der Waals surface area contributed by atoms with E-state index < -0.39 is 17.8 Å². The SMILES string of the molecule is CCCCOC(=O)c1ccccc1NC(=O)C(=O)N(CC)c1cccc(C)c1. The molecule has 0 saturated heterocycles. The Morgan fingerprint density at radius 1 is 1.04 bits per heavy atom. The van der Waals surface area contributed by atoms with Crippen LogP contribution in [-0.2, 0) is 14.3 Å². The number of amides is 2. The highest BCUT2D eigenvalue weighted by Crippen LogP contribution is 2.19. The number of para-hydroxylation sites is 1. The number of benzene rings is 2. The predicted octanol–water partition coefficient (Wildman–Crippen LogP) is 3.94. The summed E-state index contributed by atoms with van der Waals surface area (Å²) in [6.07, 6.45) is 1.67. The van der Waals surface area contributed by atoms with Crippen LogP contribution in [-0.4, -0.2) is 30.9 Å². The van der Waals surface area contributed by atoms with Crippen LogP contribution in [0.4, 0.5) is 11.4 Å². The first-order valence-electron chi connectivity index (χ1n) is 9.43. The molecule has 6 nitrogen and oxygen atoms in total. The lowest BCUT2D eigenvalue weighted by atomic mass is 10.1. The number of likely N-dealkylation sites (N-methyl/N-ethyl adjacent to an activating group) is 1. The molecule has 0 aromatic heterocycles. The Balaban J connectivity index is 2.15. The first-order chi connectivity index (χ1) is 13.5. The summed E-state index contributed by atoms with van der Waals surface area (Å²) in [6, 6.07) is 13.9. The Labute approximate surface area is 165 Å². The fourth-order valence-electron chi connectivity index (χ4n) is 2.69. The van der Waals surface area contributed by atoms with E-state index in [0.717, 1.165) is 18.4 Å². The zero-order chi connectivity index (χ0) is 20.5. The molecule has 0 heterocycles. The summed E-state index contributed by atoms with van der Waals surface area (Å²) in [4.78, 5) is 38.9. The predicted molar refractivity (Wildman–Crippen MR) is 109 cm³/mol. The maximum atomic E-state index is 12.7. The van der Waals surface area contributed by atoms with Crippen molar-refractivity contribution in [1.29, 1.82) is 0 Å². The Morgan fingerprint density at radius 2 is 1.79 bits per heavy atom. The second-order valence-corrected chi connectivity index (χ2v) is 6.38. The van der Waals surface area contributed by atoms with Gasteiger partial charge in [0.15, 0.2) is 0 Å². The van der Waals surface area contributed by atoms with Gasteiger partial charge in [-0.1, -0.05) is 37.6 Å². The van der Waals surface area contributed by atoms with Crippen LogP contribution >= 0.6 is 0 Å². The van der Waals surface area contributed by atoms with E-state index in [1.165, 1.54) is 4.90 Å². The highest BCUT2D eigenvalue weighted by atomic mass is 16.5. The molecule has 0 bridgehead atoms. The maximum Gasteiger partial charge on any atom is 0.340 e. The highest BCUT2D eigenvalue weighted by Gasteiger charge is 2.24. The number of hydrogen-bond acceptors (Lipinski definition) is 4. The summed E-state index contributed by atoms with van der Waals surface area (Å²) < 4.78 is 5.22. The van der Waals surface area contributed by atoms with Crippen LogP contribution in [0.1, 0.15) is 42.6 Å². The minimum absolute atomic E-state index is 0.221. The molecular weight excluding hydrogens is 356 g/mol. The third kappa shape index (κ3) is 5.42. The van der Waals surface area contributed by atoms with E-state index in [9.17, 15) is 14.4 Å². The van der Waals surface area contributed by atoms with E-state index in [4.69, 9.17) is 4.74 Å². The van der Waals surface area contributed by atoms with Gasteiger partial charge in [-0.05, 0) is 50.1 Å². The largest absolute Gasteiger partial charge is 0.462 e. The van der Waals surface area contributed by atoms with Crippen LogP contribution in [0.5, 0.6) is 0 Å². The fraction of sp³-hybridized carbons (Fsp3) is 0.318. The lowest BCUT2D eigenvalue weighted by Gasteiger charge is -2.21. The van der Waals surface area contributed by atoms with E-state index in [1.807, 2.05) is 32.0 Å². The third-order valence-electron chi connectivity index (χ3n) is 4.20. The van der Waals surface area contributed by atoms with Crippen molar-refractivity contribution in [2.45, 2.75) is 33.6 Å². The highest BCUT2D eigenvalue weighted by molar-refractivity contribution is 6.44. The molecule has 0 saturated carbocycles. The molecule has 148 valence electrons. The first-order valence-corrected chi connectivity index (χ1v) is 9.43. The standard InChI is InChI=1S/C22H26N2O4/c1-4-6-14-28-22(27)18-12-7-8-13-19(18)23-20(25)21(26)24(5-2)17-11-9-10-16(3)15-17/h7-13,15H,4-6,14H2,1-3H3,(H,23,25). The average Bonchev–Trinajstić information content (AvgIpc) is 2.69. The van der Waals surface area contributed by atoms with E-state index in [0.29, 0.717) is 18.8 Å². The monoisotopic (exact) mass is 382 g/mol. The number of anilines is 2. The summed E-state index contributed by atoms with van der Waals surface area (Å²) in [6.45, 7) is 6.38. The molecular formula is C22H26N2O4. The topological polar surface area (TPSA) is 75.7 Å². The maximum absolute atomic E-state index is 12.7. The fourth-order valence-corrected chi connectivity index (χ4v) is 2.69. The van der Waals surface area contributed by atoms with Gasteiger partial charge in [0.2, 0.25) is 0 Å². The van der Waals surface area contributed by atoms with Crippen molar-refractivity contribution >= 4 is 29.2 Å². The number of rotatable bonds is 7. The molecule has 6 heteroatoms. The summed E-state index contributed by atoms with van der Waals surface area (Å²) in [5, 5.41) is 2.55. The molecule has 0 fully saturated rings. The molecule has 0 spiro atoms. The molecule has 2 amide bonds. The van der Waals surface area contributed by atoms with Crippen LogP contribution in [0.3, 0.4) is 0 Å². The number of nitrogens with one attached hydrogen (secondary N) is 1. The normalized spacial score (nSPS) is 10.2. The molecule has 0 radical (unpaired) electrons. The number of aryl methyl sites for hydroxylation is 1. The van der Waals surface area contributed by atoms with Crippen LogP contribution in [0.25, 0.3) is 0 Å². The number of carbonyl (C=O) groups is 3. The van der Waals surface area contributed by atoms with Gasteiger partial charge < -0.3 is 15.0 Å². The number of hydrogen-bond donors (Lipinski definition) is 1. The van der Waals surface area contributed by atoms with E-state index in [2.05, 4.69) is 5.32 Å². The number of nitrogens with zero attached hydrogens (tertiary/aromatic N) is 1. The van der Waals surface area contributed by atoms with Gasteiger partial charge in [0.25, 0.3) is 0 Å². The number of unbranched alkanes of at least 4 members (excludes halogenated alkanes) is 1. The first kappa shape index (κ1) is 21.2. The smallest absolute Gasteiger partial charge is 0.340 e. The molecule has 0 aliphatic heterocycles. The molecule has 28 heavy (non-hydrogen) atoms. The lowest BCUT2D eigenvalue weighted by molar-refractivity contribution is -0.134. The van der Waals surface area contributed by atoms with E-state index in [-0.39, 0.29) is 11.3 Å². The van der Waals surface area contributed by atoms with Crippen molar-refractivity contribution in [2.75, 3.05) is 23.4 Å². The van der Waals surface area contributed by atoms with E-state index >= 15 is 0 Å². The Morgan fingerprint density at radius 3 is 2.46 bits per heavy atom. The second kappa shape index (κ2) is 10.3. The van der Waals surface area contributed by atoms with Gasteiger partial charge in [-0.25, -0.2) is 4.79 Å². The quantitative estimate of drug-likeness (QED) is 0.447. The number of carbonyl (C=O) groups excluding carboxylic acids is 3. The molecule has 2 rings (SSSR count). The average molecular weight is 382 g/mol. The molecule has 2 aromatic carbocycles. The van der Waals surface area contributed by atoms with Crippen molar-refractivity contribution < 1.29 is 19.1 Å². The summed E-state index contributed by atoms with van der Waals surface area (Å²) in [7, 11) is 0. The number of esters is 1. The van der Waals surface area contributed by atoms with E-state index in [1.54, 1.807) is 37.3 Å². The van der Waals surface area contributed by atoms with Gasteiger partial charge in [0.1, 0.15) is 0 Å². The minimum Gasteiger partial charge on any atom is -0.462 e. The van der Waals surface area contributed by atoms with Gasteiger partial charge in [-0.15, -0.1) is 0 Å². The van der Waals surface area contributed by atoms with Crippen molar-refractivity contribution in [3.63, 3.8) is 0 Å². The van der Waals surface area contributed by atoms with Gasteiger partial charge in [0.05, 0.1) is 17.9 Å². The summed E-state index contributed by atoms with van der Waals surface area (Å²) >= 11 is 0. The summed E-state index contributed by atoms with van der Waals surface area (Å²) in [5.74, 6) is -2.03. The minimum atomic E-state index is -0.808. The second-order valence-electron chi connectivity index (χ2n) is 6.38.